The third kappa shape index (κ3) is 7.49. The molecule has 0 bridgehead atoms. The molecule has 1 heterocycles. The molecule has 2 aromatic carbocycles. The molecule has 1 spiro atoms. The Morgan fingerprint density at radius 1 is 1.11 bits per heavy atom. The van der Waals surface area contributed by atoms with Crippen molar-refractivity contribution in [1.82, 2.24) is 10.2 Å². The Morgan fingerprint density at radius 2 is 1.77 bits per heavy atom. The van der Waals surface area contributed by atoms with E-state index in [0.717, 1.165) is 25.0 Å². The van der Waals surface area contributed by atoms with Gasteiger partial charge in [0, 0.05) is 31.2 Å². The summed E-state index contributed by atoms with van der Waals surface area (Å²) in [5.74, 6) is -1.28. The summed E-state index contributed by atoms with van der Waals surface area (Å²) in [7, 11) is 1.52. The average molecular weight is 616 g/mol. The maximum absolute atomic E-state index is 14.0. The lowest BCUT2D eigenvalue weighted by Gasteiger charge is -2.45. The fourth-order valence-corrected chi connectivity index (χ4v) is 6.12. The molecule has 44 heavy (non-hydrogen) atoms. The predicted octanol–water partition coefficient (Wildman–Crippen LogP) is 6.25. The lowest BCUT2D eigenvalue weighted by atomic mass is 9.69. The van der Waals surface area contributed by atoms with Crippen LogP contribution < -0.4 is 5.32 Å². The van der Waals surface area contributed by atoms with Crippen molar-refractivity contribution >= 4 is 23.5 Å². The minimum atomic E-state index is -4.55. The number of benzene rings is 2. The van der Waals surface area contributed by atoms with Crippen LogP contribution in [0.15, 0.2) is 53.5 Å². The first-order chi connectivity index (χ1) is 20.6. The number of methoxy groups -OCH3 is 1. The highest BCUT2D eigenvalue weighted by atomic mass is 19.4. The fourth-order valence-electron chi connectivity index (χ4n) is 6.12. The molecule has 0 aromatic heterocycles. The Labute approximate surface area is 255 Å². The molecule has 1 unspecified atom stereocenters. The lowest BCUT2D eigenvalue weighted by molar-refractivity contribution is -0.138. The molecule has 1 fully saturated rings. The molecule has 4 rings (SSSR count). The van der Waals surface area contributed by atoms with Gasteiger partial charge in [0.15, 0.2) is 0 Å². The minimum Gasteiger partial charge on any atom is -0.481 e. The number of hydrogen-bond donors (Lipinski definition) is 2. The van der Waals surface area contributed by atoms with Crippen molar-refractivity contribution in [3.8, 4) is 0 Å². The van der Waals surface area contributed by atoms with Crippen molar-refractivity contribution in [2.75, 3.05) is 20.2 Å². The number of nitrogens with one attached hydrogen (secondary N) is 1. The van der Waals surface area contributed by atoms with E-state index in [1.54, 1.807) is 29.2 Å². The third-order valence-corrected chi connectivity index (χ3v) is 8.78. The molecular formula is C33H40F3N3O5. The summed E-state index contributed by atoms with van der Waals surface area (Å²) in [5.41, 5.74) is -0.392. The number of carboxylic acid groups (broad SMARTS) is 1. The summed E-state index contributed by atoms with van der Waals surface area (Å²) >= 11 is 0. The van der Waals surface area contributed by atoms with E-state index >= 15 is 0 Å². The molecule has 238 valence electrons. The van der Waals surface area contributed by atoms with Gasteiger partial charge in [-0.15, -0.1) is 0 Å². The number of rotatable bonds is 10. The smallest absolute Gasteiger partial charge is 0.416 e. The molecule has 11 heteroatoms. The Bertz CT molecular complexity index is 1390. The van der Waals surface area contributed by atoms with Gasteiger partial charge >= 0.3 is 12.1 Å². The number of hydrogen-bond acceptors (Lipinski definition) is 5. The summed E-state index contributed by atoms with van der Waals surface area (Å²) < 4.78 is 46.4. The van der Waals surface area contributed by atoms with E-state index in [-0.39, 0.29) is 42.1 Å². The molecule has 1 aliphatic carbocycles. The number of ether oxygens (including phenoxy) is 1. The third-order valence-electron chi connectivity index (χ3n) is 8.78. The topological polar surface area (TPSA) is 108 Å². The molecule has 1 atom stereocenters. The lowest BCUT2D eigenvalue weighted by Crippen LogP contribution is -2.51. The van der Waals surface area contributed by atoms with Crippen LogP contribution in [0.2, 0.25) is 0 Å². The molecule has 1 saturated carbocycles. The molecule has 2 amide bonds. The van der Waals surface area contributed by atoms with Gasteiger partial charge in [-0.25, -0.2) is 0 Å². The van der Waals surface area contributed by atoms with E-state index in [9.17, 15) is 27.6 Å². The molecule has 2 N–H and O–H groups in total. The zero-order valence-corrected chi connectivity index (χ0v) is 25.5. The van der Waals surface area contributed by atoms with Gasteiger partial charge in [-0.3, -0.25) is 19.4 Å². The molecule has 8 nitrogen and oxygen atoms in total. The van der Waals surface area contributed by atoms with Crippen LogP contribution in [0.3, 0.4) is 0 Å². The normalized spacial score (nSPS) is 21.3. The Morgan fingerprint density at radius 3 is 2.34 bits per heavy atom. The van der Waals surface area contributed by atoms with Gasteiger partial charge in [-0.05, 0) is 73.3 Å². The fraction of sp³-hybridized carbons (Fsp3) is 0.515. The van der Waals surface area contributed by atoms with Crippen molar-refractivity contribution in [2.24, 2.45) is 16.3 Å². The minimum absolute atomic E-state index is 0.0232. The first-order valence-corrected chi connectivity index (χ1v) is 14.9. The zero-order valence-electron chi connectivity index (χ0n) is 25.5. The number of halogens is 3. The Kier molecular flexibility index (Phi) is 9.87. The van der Waals surface area contributed by atoms with Gasteiger partial charge in [-0.1, -0.05) is 45.0 Å². The van der Waals surface area contributed by atoms with Crippen molar-refractivity contribution in [3.63, 3.8) is 0 Å². The van der Waals surface area contributed by atoms with Crippen molar-refractivity contribution < 1.29 is 37.4 Å². The van der Waals surface area contributed by atoms with Crippen molar-refractivity contribution in [3.05, 3.63) is 70.8 Å². The van der Waals surface area contributed by atoms with E-state index in [1.807, 2.05) is 0 Å². The van der Waals surface area contributed by atoms with Crippen molar-refractivity contribution in [2.45, 2.75) is 77.2 Å². The van der Waals surface area contributed by atoms with Crippen LogP contribution in [0.25, 0.3) is 0 Å². The van der Waals surface area contributed by atoms with E-state index in [1.165, 1.54) is 19.2 Å². The number of carbonyl (C=O) groups excluding carboxylic acids is 2. The zero-order chi connectivity index (χ0) is 32.3. The van der Waals surface area contributed by atoms with E-state index in [2.05, 4.69) is 26.1 Å². The van der Waals surface area contributed by atoms with Gasteiger partial charge in [0.05, 0.1) is 18.2 Å². The van der Waals surface area contributed by atoms with Gasteiger partial charge in [-0.2, -0.15) is 13.2 Å². The number of nitrogens with zero attached hydrogens (tertiary/aromatic N) is 2. The van der Waals surface area contributed by atoms with E-state index < -0.39 is 35.4 Å². The molecule has 0 saturated heterocycles. The van der Waals surface area contributed by atoms with Crippen LogP contribution >= 0.6 is 0 Å². The summed E-state index contributed by atoms with van der Waals surface area (Å²) in [5, 5.41) is 11.5. The Hall–Kier alpha value is -3.73. The van der Waals surface area contributed by atoms with Crippen LogP contribution in [-0.4, -0.2) is 59.4 Å². The van der Waals surface area contributed by atoms with Gasteiger partial charge in [0.1, 0.15) is 11.4 Å². The summed E-state index contributed by atoms with van der Waals surface area (Å²) in [6, 6.07) is 11.5. The number of amides is 2. The van der Waals surface area contributed by atoms with Gasteiger partial charge in [0.25, 0.3) is 11.8 Å². The molecule has 0 radical (unpaired) electrons. The van der Waals surface area contributed by atoms with E-state index in [0.29, 0.717) is 36.3 Å². The highest BCUT2D eigenvalue weighted by Gasteiger charge is 2.51. The standard InChI is InChI=1S/C33H40F3N3O5/c1-31(2,3)24-14-16-32(17-15-24)38-28(23-7-5-8-25(19-23)33(34,35)36)30(43)39(32)20-26(44-4)21-10-12-22(13-11-21)29(42)37-18-6-9-27(40)41/h5,7-8,10-13,19,24,26H,6,9,14-18,20H2,1-4H3,(H,37,42)(H,40,41). The second-order valence-corrected chi connectivity index (χ2v) is 12.7. The second-order valence-electron chi connectivity index (χ2n) is 12.7. The van der Waals surface area contributed by atoms with E-state index in [4.69, 9.17) is 14.8 Å². The summed E-state index contributed by atoms with van der Waals surface area (Å²) in [6.45, 7) is 6.92. The Balaban J connectivity index is 1.58. The highest BCUT2D eigenvalue weighted by molar-refractivity contribution is 6.46. The number of alkyl halides is 3. The average Bonchev–Trinajstić information content (AvgIpc) is 3.23. The molecular weight excluding hydrogens is 575 g/mol. The SMILES string of the molecule is COC(CN1C(=O)C(c2cccc(C(F)(F)F)c2)=NC12CCC(C(C)(C)C)CC2)c1ccc(C(=O)NCCCC(=O)O)cc1. The first-order valence-electron chi connectivity index (χ1n) is 14.9. The van der Waals surface area contributed by atoms with Crippen LogP contribution in [0.4, 0.5) is 13.2 Å². The molecule has 1 aliphatic heterocycles. The maximum atomic E-state index is 14.0. The quantitative estimate of drug-likeness (QED) is 0.307. The predicted molar refractivity (Wildman–Crippen MR) is 159 cm³/mol. The summed E-state index contributed by atoms with van der Waals surface area (Å²) in [6.07, 6.45) is -2.05. The van der Waals surface area contributed by atoms with Crippen LogP contribution in [0, 0.1) is 11.3 Å². The monoisotopic (exact) mass is 615 g/mol. The summed E-state index contributed by atoms with van der Waals surface area (Å²) in [4.78, 5) is 43.7. The van der Waals surface area contributed by atoms with Crippen LogP contribution in [-0.2, 0) is 20.5 Å². The van der Waals surface area contributed by atoms with Gasteiger partial charge in [0.2, 0.25) is 0 Å². The number of carboxylic acids is 1. The number of aliphatic carboxylic acids is 1. The van der Waals surface area contributed by atoms with Gasteiger partial charge < -0.3 is 20.1 Å². The number of aliphatic imine (C=N–C) groups is 1. The molecule has 2 aliphatic rings. The largest absolute Gasteiger partial charge is 0.481 e. The number of carbonyl (C=O) groups is 3. The second kappa shape index (κ2) is 13.1. The maximum Gasteiger partial charge on any atom is 0.416 e. The highest BCUT2D eigenvalue weighted by Crippen LogP contribution is 2.47. The van der Waals surface area contributed by atoms with Crippen molar-refractivity contribution in [1.29, 1.82) is 0 Å². The first kappa shape index (κ1) is 33.2. The van der Waals surface area contributed by atoms with Crippen LogP contribution in [0.5, 0.6) is 0 Å². The van der Waals surface area contributed by atoms with Crippen LogP contribution in [0.1, 0.15) is 92.4 Å². The molecule has 2 aromatic rings.